The third-order valence-electron chi connectivity index (χ3n) is 11.6. The van der Waals surface area contributed by atoms with Gasteiger partial charge in [-0.1, -0.05) is 153 Å². The van der Waals surface area contributed by atoms with Crippen LogP contribution in [0.3, 0.4) is 0 Å². The van der Waals surface area contributed by atoms with Gasteiger partial charge in [0.25, 0.3) is 0 Å². The van der Waals surface area contributed by atoms with Crippen LogP contribution in [0, 0.1) is 0 Å². The molecule has 0 aromatic heterocycles. The Labute approximate surface area is 366 Å². The maximum absolute atomic E-state index is 11.9. The number of carbonyl (C=O) groups excluding carboxylic acids is 1. The zero-order chi connectivity index (χ0) is 44.7. The van der Waals surface area contributed by atoms with Crippen molar-refractivity contribution >= 4 is 5.91 Å². The van der Waals surface area contributed by atoms with Gasteiger partial charge in [0.05, 0.1) is 32.0 Å². The molecule has 0 aromatic carbocycles. The Bertz CT molecular complexity index is 1170. The molecule has 2 heterocycles. The van der Waals surface area contributed by atoms with Crippen LogP contribution in [0.15, 0.2) is 36.5 Å². The highest BCUT2D eigenvalue weighted by molar-refractivity contribution is 5.73. The smallest absolute Gasteiger partial charge is 0.217 e. The topological polar surface area (TPSA) is 228 Å². The van der Waals surface area contributed by atoms with Crippen molar-refractivity contribution < 1.29 is 64.6 Å². The first-order valence-electron chi connectivity index (χ1n) is 23.7. The van der Waals surface area contributed by atoms with Crippen molar-refractivity contribution in [1.29, 1.82) is 0 Å². The lowest BCUT2D eigenvalue weighted by atomic mass is 9.97. The Morgan fingerprint density at radius 3 is 1.51 bits per heavy atom. The lowest BCUT2D eigenvalue weighted by Gasteiger charge is -2.46. The van der Waals surface area contributed by atoms with Crippen LogP contribution in [0.2, 0.25) is 0 Å². The molecule has 1 amide bonds. The van der Waals surface area contributed by atoms with Gasteiger partial charge in [0, 0.05) is 6.92 Å². The van der Waals surface area contributed by atoms with Gasteiger partial charge in [-0.25, -0.2) is 0 Å². The first-order valence-corrected chi connectivity index (χ1v) is 23.7. The van der Waals surface area contributed by atoms with Crippen LogP contribution in [-0.4, -0.2) is 140 Å². The number of aliphatic hydroxyl groups excluding tert-OH is 8. The van der Waals surface area contributed by atoms with Crippen LogP contribution in [0.25, 0.3) is 0 Å². The molecule has 0 saturated carbocycles. The number of hydrogen-bond donors (Lipinski definition) is 9. The number of amides is 1. The second-order valence-electron chi connectivity index (χ2n) is 17.0. The molecule has 0 radical (unpaired) electrons. The Balaban J connectivity index is 1.56. The maximum atomic E-state index is 11.9. The second-order valence-corrected chi connectivity index (χ2v) is 17.0. The van der Waals surface area contributed by atoms with Crippen molar-refractivity contribution in [2.24, 2.45) is 0 Å². The van der Waals surface area contributed by atoms with Gasteiger partial charge in [-0.05, 0) is 38.5 Å². The van der Waals surface area contributed by atoms with Crippen molar-refractivity contribution in [1.82, 2.24) is 5.32 Å². The summed E-state index contributed by atoms with van der Waals surface area (Å²) in [7, 11) is 0. The molecule has 356 valence electrons. The molecule has 2 saturated heterocycles. The van der Waals surface area contributed by atoms with Crippen LogP contribution < -0.4 is 5.32 Å². The fraction of sp³-hybridized carbons (Fsp3) is 0.851. The summed E-state index contributed by atoms with van der Waals surface area (Å²) in [5.74, 6) is -0.431. The fourth-order valence-electron chi connectivity index (χ4n) is 7.77. The van der Waals surface area contributed by atoms with E-state index >= 15 is 0 Å². The average Bonchev–Trinajstić information content (AvgIpc) is 3.25. The minimum atomic E-state index is -1.79. The molecule has 9 N–H and O–H groups in total. The molecule has 12 unspecified atom stereocenters. The molecule has 2 aliphatic rings. The maximum Gasteiger partial charge on any atom is 0.217 e. The summed E-state index contributed by atoms with van der Waals surface area (Å²) in [6, 6.07) is -0.936. The fourth-order valence-corrected chi connectivity index (χ4v) is 7.77. The molecule has 2 rings (SSSR count). The standard InChI is InChI=1S/C47H85NO13/c1-3-4-5-6-7-8-9-10-11-12-13-14-15-16-17-18-19-20-21-22-23-24-25-26-27-28-29-30-31-37(52)36(48-35(2)51)34-58-46-44(57)42(55)45(39(33-50)60-46)61-47-43(56)41(54)40(53)38(32-49)59-47/h22-23,26-27,30-31,36-47,49-50,52-57H,3-21,24-25,28-29,32-34H2,1-2H3,(H,48,51)/b23-22+,27-26+,31-30+. The summed E-state index contributed by atoms with van der Waals surface area (Å²) in [6.45, 7) is 1.80. The molecule has 2 aliphatic heterocycles. The number of rotatable bonds is 35. The molecule has 0 bridgehead atoms. The van der Waals surface area contributed by atoms with Crippen LogP contribution in [-0.2, 0) is 23.7 Å². The van der Waals surface area contributed by atoms with E-state index in [1.54, 1.807) is 6.08 Å². The van der Waals surface area contributed by atoms with Gasteiger partial charge in [-0.3, -0.25) is 4.79 Å². The van der Waals surface area contributed by atoms with Gasteiger partial charge in [-0.2, -0.15) is 0 Å². The number of aliphatic hydroxyl groups is 8. The molecule has 14 heteroatoms. The van der Waals surface area contributed by atoms with E-state index in [0.717, 1.165) is 25.7 Å². The predicted octanol–water partition coefficient (Wildman–Crippen LogP) is 5.15. The van der Waals surface area contributed by atoms with E-state index in [9.17, 15) is 45.6 Å². The normalized spacial score (nSPS) is 28.3. The lowest BCUT2D eigenvalue weighted by molar-refractivity contribution is -0.359. The average molecular weight is 872 g/mol. The number of nitrogens with one attached hydrogen (secondary N) is 1. The highest BCUT2D eigenvalue weighted by atomic mass is 16.7. The molecule has 0 spiro atoms. The van der Waals surface area contributed by atoms with E-state index in [1.165, 1.54) is 122 Å². The van der Waals surface area contributed by atoms with Gasteiger partial charge in [0.15, 0.2) is 12.6 Å². The summed E-state index contributed by atoms with van der Waals surface area (Å²) < 4.78 is 22.2. The number of carbonyl (C=O) groups is 1. The molecule has 2 fully saturated rings. The number of hydrogen-bond acceptors (Lipinski definition) is 13. The van der Waals surface area contributed by atoms with E-state index in [1.807, 2.05) is 6.08 Å². The zero-order valence-corrected chi connectivity index (χ0v) is 37.4. The first-order chi connectivity index (χ1) is 29.5. The third kappa shape index (κ3) is 23.1. The predicted molar refractivity (Wildman–Crippen MR) is 235 cm³/mol. The van der Waals surface area contributed by atoms with E-state index in [2.05, 4.69) is 36.5 Å². The van der Waals surface area contributed by atoms with Gasteiger partial charge in [0.1, 0.15) is 48.8 Å². The van der Waals surface area contributed by atoms with Crippen LogP contribution in [0.4, 0.5) is 0 Å². The summed E-state index contributed by atoms with van der Waals surface area (Å²) in [4.78, 5) is 11.9. The van der Waals surface area contributed by atoms with E-state index < -0.39 is 92.7 Å². The SMILES string of the molecule is CCCCCCCCCCCCCCCCCCCC/C=C/CC/C=C/CC/C=C/C(O)C(COC1OC(CO)C(OC2OC(CO)C(O)C(O)C2O)C(O)C1O)NC(C)=O. The second kappa shape index (κ2) is 34.6. The Hall–Kier alpha value is -1.79. The highest BCUT2D eigenvalue weighted by Crippen LogP contribution is 2.30. The monoisotopic (exact) mass is 872 g/mol. The summed E-state index contributed by atoms with van der Waals surface area (Å²) in [6.07, 6.45) is 24.7. The minimum absolute atomic E-state index is 0.330. The zero-order valence-electron chi connectivity index (χ0n) is 37.4. The van der Waals surface area contributed by atoms with Crippen molar-refractivity contribution in [3.63, 3.8) is 0 Å². The lowest BCUT2D eigenvalue weighted by Crippen LogP contribution is -2.65. The van der Waals surface area contributed by atoms with Crippen LogP contribution >= 0.6 is 0 Å². The Morgan fingerprint density at radius 2 is 1.02 bits per heavy atom. The number of allylic oxidation sites excluding steroid dienone is 5. The van der Waals surface area contributed by atoms with E-state index in [4.69, 9.17) is 18.9 Å². The number of ether oxygens (including phenoxy) is 4. The summed E-state index contributed by atoms with van der Waals surface area (Å²) in [5.41, 5.74) is 0. The quantitative estimate of drug-likeness (QED) is 0.0297. The van der Waals surface area contributed by atoms with Crippen molar-refractivity contribution in [2.75, 3.05) is 19.8 Å². The summed E-state index contributed by atoms with van der Waals surface area (Å²) >= 11 is 0. The molecule has 61 heavy (non-hydrogen) atoms. The Kier molecular flexibility index (Phi) is 31.4. The first kappa shape index (κ1) is 55.3. The largest absolute Gasteiger partial charge is 0.394 e. The molecular formula is C47H85NO13. The molecule has 0 aliphatic carbocycles. The van der Waals surface area contributed by atoms with Crippen molar-refractivity contribution in [3.05, 3.63) is 36.5 Å². The molecule has 0 aromatic rings. The number of unbranched alkanes of at least 4 members (excludes halogenated alkanes) is 20. The highest BCUT2D eigenvalue weighted by Gasteiger charge is 2.50. The Morgan fingerprint density at radius 1 is 0.574 bits per heavy atom. The molecular weight excluding hydrogens is 787 g/mol. The third-order valence-corrected chi connectivity index (χ3v) is 11.6. The van der Waals surface area contributed by atoms with Gasteiger partial charge in [0.2, 0.25) is 5.91 Å². The van der Waals surface area contributed by atoms with Crippen molar-refractivity contribution in [2.45, 2.75) is 235 Å². The molecule has 12 atom stereocenters. The van der Waals surface area contributed by atoms with Crippen molar-refractivity contribution in [3.8, 4) is 0 Å². The minimum Gasteiger partial charge on any atom is -0.394 e. The van der Waals surface area contributed by atoms with Crippen LogP contribution in [0.5, 0.6) is 0 Å². The molecule has 14 nitrogen and oxygen atoms in total. The van der Waals surface area contributed by atoms with Gasteiger partial charge in [-0.15, -0.1) is 0 Å². The summed E-state index contributed by atoms with van der Waals surface area (Å²) in [5, 5.41) is 84.9. The van der Waals surface area contributed by atoms with Gasteiger partial charge < -0.3 is 65.1 Å². The van der Waals surface area contributed by atoms with E-state index in [0.29, 0.717) is 6.42 Å². The van der Waals surface area contributed by atoms with E-state index in [-0.39, 0.29) is 6.61 Å². The van der Waals surface area contributed by atoms with Gasteiger partial charge >= 0.3 is 0 Å². The van der Waals surface area contributed by atoms with Crippen LogP contribution in [0.1, 0.15) is 162 Å².